The van der Waals surface area contributed by atoms with Crippen molar-refractivity contribution in [3.05, 3.63) is 0 Å². The lowest BCUT2D eigenvalue weighted by Gasteiger charge is -2.22. The monoisotopic (exact) mass is 167 g/mol. The fourth-order valence-electron chi connectivity index (χ4n) is 2.58. The van der Waals surface area contributed by atoms with Gasteiger partial charge in [-0.25, -0.2) is 0 Å². The first-order valence-corrected chi connectivity index (χ1v) is 5.42. The maximum absolute atomic E-state index is 2.69. The Balaban J connectivity index is 1.96. The van der Waals surface area contributed by atoms with Gasteiger partial charge in [0, 0.05) is 19.1 Å². The SMILES string of the molecule is CCC(C)N1CC(C)C2(CC2)C1. The molecule has 2 aliphatic rings. The Hall–Kier alpha value is -0.0400. The van der Waals surface area contributed by atoms with Crippen LogP contribution in [0.3, 0.4) is 0 Å². The molecule has 0 bridgehead atoms. The number of hydrogen-bond donors (Lipinski definition) is 0. The highest BCUT2D eigenvalue weighted by atomic mass is 15.2. The van der Waals surface area contributed by atoms with Crippen LogP contribution in [0.15, 0.2) is 0 Å². The first-order valence-electron chi connectivity index (χ1n) is 5.42. The summed E-state index contributed by atoms with van der Waals surface area (Å²) < 4.78 is 0. The largest absolute Gasteiger partial charge is 0.300 e. The molecule has 1 aliphatic heterocycles. The minimum absolute atomic E-state index is 0.781. The van der Waals surface area contributed by atoms with Gasteiger partial charge in [0.25, 0.3) is 0 Å². The van der Waals surface area contributed by atoms with E-state index in [1.54, 1.807) is 0 Å². The molecule has 0 aromatic rings. The van der Waals surface area contributed by atoms with E-state index in [-0.39, 0.29) is 0 Å². The third-order valence-electron chi connectivity index (χ3n) is 4.18. The molecule has 12 heavy (non-hydrogen) atoms. The van der Waals surface area contributed by atoms with Crippen LogP contribution in [0.4, 0.5) is 0 Å². The van der Waals surface area contributed by atoms with E-state index in [2.05, 4.69) is 25.7 Å². The Morgan fingerprint density at radius 1 is 1.50 bits per heavy atom. The lowest BCUT2D eigenvalue weighted by molar-refractivity contribution is 0.239. The van der Waals surface area contributed by atoms with Crippen molar-refractivity contribution in [3.63, 3.8) is 0 Å². The van der Waals surface area contributed by atoms with Gasteiger partial charge in [-0.05, 0) is 37.5 Å². The van der Waals surface area contributed by atoms with E-state index in [9.17, 15) is 0 Å². The molecule has 2 fully saturated rings. The van der Waals surface area contributed by atoms with Gasteiger partial charge in [-0.3, -0.25) is 4.90 Å². The molecule has 1 aliphatic carbocycles. The smallest absolute Gasteiger partial charge is 0.00646 e. The maximum atomic E-state index is 2.69. The van der Waals surface area contributed by atoms with E-state index in [1.165, 1.54) is 32.4 Å². The molecule has 0 aromatic heterocycles. The second-order valence-corrected chi connectivity index (χ2v) is 4.95. The van der Waals surface area contributed by atoms with Crippen molar-refractivity contribution < 1.29 is 0 Å². The summed E-state index contributed by atoms with van der Waals surface area (Å²) in [5.74, 6) is 0.964. The Morgan fingerprint density at radius 2 is 2.17 bits per heavy atom. The van der Waals surface area contributed by atoms with Crippen molar-refractivity contribution in [1.82, 2.24) is 4.90 Å². The topological polar surface area (TPSA) is 3.24 Å². The van der Waals surface area contributed by atoms with Gasteiger partial charge in [0.1, 0.15) is 0 Å². The van der Waals surface area contributed by atoms with Crippen molar-refractivity contribution in [3.8, 4) is 0 Å². The second kappa shape index (κ2) is 2.73. The highest BCUT2D eigenvalue weighted by molar-refractivity contribution is 5.05. The summed E-state index contributed by atoms with van der Waals surface area (Å²) in [5.41, 5.74) is 0.781. The highest BCUT2D eigenvalue weighted by Gasteiger charge is 2.53. The van der Waals surface area contributed by atoms with Crippen molar-refractivity contribution in [1.29, 1.82) is 0 Å². The molecule has 0 aromatic carbocycles. The summed E-state index contributed by atoms with van der Waals surface area (Å²) in [6.45, 7) is 9.86. The molecule has 1 nitrogen and oxygen atoms in total. The Morgan fingerprint density at radius 3 is 2.58 bits per heavy atom. The average molecular weight is 167 g/mol. The van der Waals surface area contributed by atoms with E-state index in [0.29, 0.717) is 0 Å². The Labute approximate surface area is 76.1 Å². The van der Waals surface area contributed by atoms with E-state index in [4.69, 9.17) is 0 Å². The first kappa shape index (κ1) is 8.55. The van der Waals surface area contributed by atoms with Crippen LogP contribution in [-0.4, -0.2) is 24.0 Å². The summed E-state index contributed by atoms with van der Waals surface area (Å²) in [7, 11) is 0. The van der Waals surface area contributed by atoms with Crippen LogP contribution in [0.25, 0.3) is 0 Å². The Kier molecular flexibility index (Phi) is 1.95. The summed E-state index contributed by atoms with van der Waals surface area (Å²) in [6, 6.07) is 0.812. The highest BCUT2D eigenvalue weighted by Crippen LogP contribution is 2.56. The number of hydrogen-bond acceptors (Lipinski definition) is 1. The Bertz CT molecular complexity index is 172. The minimum atomic E-state index is 0.781. The minimum Gasteiger partial charge on any atom is -0.300 e. The molecular formula is C11H21N. The van der Waals surface area contributed by atoms with Crippen LogP contribution < -0.4 is 0 Å². The molecule has 1 heterocycles. The van der Waals surface area contributed by atoms with Crippen LogP contribution in [0, 0.1) is 11.3 Å². The van der Waals surface area contributed by atoms with Gasteiger partial charge in [0.2, 0.25) is 0 Å². The molecule has 0 N–H and O–H groups in total. The predicted octanol–water partition coefficient (Wildman–Crippen LogP) is 2.52. The fraction of sp³-hybridized carbons (Fsp3) is 1.00. The molecule has 2 unspecified atom stereocenters. The second-order valence-electron chi connectivity index (χ2n) is 4.95. The zero-order valence-electron chi connectivity index (χ0n) is 8.64. The number of rotatable bonds is 2. The number of likely N-dealkylation sites (tertiary alicyclic amines) is 1. The predicted molar refractivity (Wildman–Crippen MR) is 52.2 cm³/mol. The molecule has 2 rings (SSSR count). The zero-order chi connectivity index (χ0) is 8.77. The van der Waals surface area contributed by atoms with Crippen LogP contribution in [0.1, 0.15) is 40.0 Å². The molecule has 1 saturated heterocycles. The molecule has 0 radical (unpaired) electrons. The van der Waals surface area contributed by atoms with Gasteiger partial charge < -0.3 is 0 Å². The molecule has 2 atom stereocenters. The third-order valence-corrected chi connectivity index (χ3v) is 4.18. The van der Waals surface area contributed by atoms with Crippen LogP contribution in [-0.2, 0) is 0 Å². The lowest BCUT2D eigenvalue weighted by atomic mass is 9.95. The molecule has 1 heteroatoms. The van der Waals surface area contributed by atoms with E-state index in [1.807, 2.05) is 0 Å². The van der Waals surface area contributed by atoms with Gasteiger partial charge in [-0.2, -0.15) is 0 Å². The summed E-state index contributed by atoms with van der Waals surface area (Å²) in [6.07, 6.45) is 4.31. The molecule has 1 saturated carbocycles. The quantitative estimate of drug-likeness (QED) is 0.611. The van der Waals surface area contributed by atoms with Crippen molar-refractivity contribution in [2.24, 2.45) is 11.3 Å². The van der Waals surface area contributed by atoms with Gasteiger partial charge in [-0.15, -0.1) is 0 Å². The average Bonchev–Trinajstić information content (AvgIpc) is 2.75. The molecule has 1 spiro atoms. The summed E-state index contributed by atoms with van der Waals surface area (Å²) in [5, 5.41) is 0. The van der Waals surface area contributed by atoms with E-state index < -0.39 is 0 Å². The van der Waals surface area contributed by atoms with Crippen molar-refractivity contribution in [2.75, 3.05) is 13.1 Å². The molecule has 0 amide bonds. The third kappa shape index (κ3) is 1.19. The van der Waals surface area contributed by atoms with Gasteiger partial charge in [0.15, 0.2) is 0 Å². The summed E-state index contributed by atoms with van der Waals surface area (Å²) >= 11 is 0. The number of nitrogens with zero attached hydrogens (tertiary/aromatic N) is 1. The van der Waals surface area contributed by atoms with E-state index >= 15 is 0 Å². The maximum Gasteiger partial charge on any atom is 0.00646 e. The molecule has 70 valence electrons. The summed E-state index contributed by atoms with van der Waals surface area (Å²) in [4.78, 5) is 2.69. The lowest BCUT2D eigenvalue weighted by Crippen LogP contribution is -2.30. The van der Waals surface area contributed by atoms with E-state index in [0.717, 1.165) is 17.4 Å². The normalized spacial score (nSPS) is 35.8. The standard InChI is InChI=1S/C11H21N/c1-4-10(3)12-7-9(2)11(8-12)5-6-11/h9-10H,4-8H2,1-3H3. The van der Waals surface area contributed by atoms with Crippen LogP contribution >= 0.6 is 0 Å². The van der Waals surface area contributed by atoms with Crippen molar-refractivity contribution in [2.45, 2.75) is 46.1 Å². The van der Waals surface area contributed by atoms with Gasteiger partial charge >= 0.3 is 0 Å². The van der Waals surface area contributed by atoms with Crippen molar-refractivity contribution >= 4 is 0 Å². The van der Waals surface area contributed by atoms with Crippen LogP contribution in [0.5, 0.6) is 0 Å². The molecular weight excluding hydrogens is 146 g/mol. The van der Waals surface area contributed by atoms with Crippen LogP contribution in [0.2, 0.25) is 0 Å². The van der Waals surface area contributed by atoms with Gasteiger partial charge in [0.05, 0.1) is 0 Å². The first-order chi connectivity index (χ1) is 5.68. The van der Waals surface area contributed by atoms with Gasteiger partial charge in [-0.1, -0.05) is 13.8 Å². The zero-order valence-corrected chi connectivity index (χ0v) is 8.64. The fourth-order valence-corrected chi connectivity index (χ4v) is 2.58.